The van der Waals surface area contributed by atoms with Gasteiger partial charge in [0.1, 0.15) is 6.33 Å². The first-order chi connectivity index (χ1) is 9.24. The highest BCUT2D eigenvalue weighted by Crippen LogP contribution is 2.17. The van der Waals surface area contributed by atoms with Crippen LogP contribution in [0.4, 0.5) is 0 Å². The van der Waals surface area contributed by atoms with Crippen LogP contribution in [-0.2, 0) is 13.6 Å². The summed E-state index contributed by atoms with van der Waals surface area (Å²) in [5.74, 6) is 0.467. The minimum atomic E-state index is -0.127. The number of carbonyl (C=O) groups excluding carboxylic acids is 1. The quantitative estimate of drug-likeness (QED) is 0.739. The summed E-state index contributed by atoms with van der Waals surface area (Å²) in [5, 5.41) is 7.84. The van der Waals surface area contributed by atoms with Crippen molar-refractivity contribution in [3.05, 3.63) is 48.2 Å². The van der Waals surface area contributed by atoms with Gasteiger partial charge < -0.3 is 10.3 Å². The number of amides is 1. The van der Waals surface area contributed by atoms with Crippen LogP contribution in [0.5, 0.6) is 0 Å². The van der Waals surface area contributed by atoms with Crippen LogP contribution in [-0.4, -0.2) is 25.7 Å². The molecule has 0 fully saturated rings. The summed E-state index contributed by atoms with van der Waals surface area (Å²) in [4.78, 5) is 19.3. The zero-order valence-electron chi connectivity index (χ0n) is 10.4. The Kier molecular flexibility index (Phi) is 2.75. The zero-order valence-corrected chi connectivity index (χ0v) is 10.4. The van der Waals surface area contributed by atoms with E-state index in [4.69, 9.17) is 0 Å². The molecule has 1 amide bonds. The second-order valence-corrected chi connectivity index (χ2v) is 4.26. The minimum absolute atomic E-state index is 0.127. The maximum Gasteiger partial charge on any atom is 0.252 e. The summed E-state index contributed by atoms with van der Waals surface area (Å²) in [5.41, 5.74) is 1.60. The zero-order chi connectivity index (χ0) is 13.2. The topological polar surface area (TPSA) is 75.6 Å². The smallest absolute Gasteiger partial charge is 0.252 e. The SMILES string of the molecule is Cn1cnc(CNC(=O)c2cccc3[nH]ccc23)n1. The summed E-state index contributed by atoms with van der Waals surface area (Å²) in [7, 11) is 1.79. The van der Waals surface area contributed by atoms with Gasteiger partial charge in [0.2, 0.25) is 0 Å². The van der Waals surface area contributed by atoms with E-state index in [9.17, 15) is 4.79 Å². The van der Waals surface area contributed by atoms with E-state index in [1.807, 2.05) is 24.4 Å². The maximum absolute atomic E-state index is 12.1. The normalized spacial score (nSPS) is 10.8. The molecule has 0 radical (unpaired) electrons. The van der Waals surface area contributed by atoms with E-state index in [2.05, 4.69) is 20.4 Å². The number of rotatable bonds is 3. The van der Waals surface area contributed by atoms with Crippen LogP contribution in [0, 0.1) is 0 Å². The molecule has 2 N–H and O–H groups in total. The number of aromatic nitrogens is 4. The fourth-order valence-electron chi connectivity index (χ4n) is 2.00. The van der Waals surface area contributed by atoms with Gasteiger partial charge in [-0.05, 0) is 18.2 Å². The van der Waals surface area contributed by atoms with Crippen LogP contribution in [0.15, 0.2) is 36.8 Å². The molecule has 0 aliphatic heterocycles. The number of H-pyrrole nitrogens is 1. The molecule has 2 heterocycles. The Morgan fingerprint density at radius 1 is 1.42 bits per heavy atom. The van der Waals surface area contributed by atoms with E-state index in [1.165, 1.54) is 0 Å². The second-order valence-electron chi connectivity index (χ2n) is 4.26. The number of fused-ring (bicyclic) bond motifs is 1. The van der Waals surface area contributed by atoms with Crippen molar-refractivity contribution in [1.29, 1.82) is 0 Å². The monoisotopic (exact) mass is 255 g/mol. The standard InChI is InChI=1S/C13H13N5O/c1-18-8-16-12(17-18)7-15-13(19)10-3-2-4-11-9(10)5-6-14-11/h2-6,8,14H,7H2,1H3,(H,15,19). The van der Waals surface area contributed by atoms with Gasteiger partial charge in [-0.1, -0.05) is 6.07 Å². The van der Waals surface area contributed by atoms with E-state index in [-0.39, 0.29) is 5.91 Å². The highest BCUT2D eigenvalue weighted by molar-refractivity contribution is 6.06. The Morgan fingerprint density at radius 2 is 2.32 bits per heavy atom. The van der Waals surface area contributed by atoms with E-state index >= 15 is 0 Å². The predicted octanol–water partition coefficient (Wildman–Crippen LogP) is 1.23. The number of nitrogens with zero attached hydrogens (tertiary/aromatic N) is 3. The van der Waals surface area contributed by atoms with Crippen LogP contribution < -0.4 is 5.32 Å². The molecule has 1 aromatic carbocycles. The van der Waals surface area contributed by atoms with Crippen LogP contribution in [0.1, 0.15) is 16.2 Å². The van der Waals surface area contributed by atoms with Crippen molar-refractivity contribution in [2.45, 2.75) is 6.54 Å². The molecule has 0 aliphatic carbocycles. The molecule has 0 saturated carbocycles. The van der Waals surface area contributed by atoms with Crippen molar-refractivity contribution in [2.75, 3.05) is 0 Å². The fraction of sp³-hybridized carbons (Fsp3) is 0.154. The molecular formula is C13H13N5O. The summed E-state index contributed by atoms with van der Waals surface area (Å²) in [6.07, 6.45) is 3.43. The van der Waals surface area contributed by atoms with Crippen LogP contribution >= 0.6 is 0 Å². The second kappa shape index (κ2) is 4.56. The molecule has 0 spiro atoms. The minimum Gasteiger partial charge on any atom is -0.361 e. The molecule has 0 saturated heterocycles. The van der Waals surface area contributed by atoms with Crippen molar-refractivity contribution in [2.24, 2.45) is 7.05 Å². The molecule has 6 heteroatoms. The van der Waals surface area contributed by atoms with Gasteiger partial charge in [-0.3, -0.25) is 9.48 Å². The third kappa shape index (κ3) is 2.20. The number of hydrogen-bond donors (Lipinski definition) is 2. The van der Waals surface area contributed by atoms with Gasteiger partial charge in [0.05, 0.1) is 6.54 Å². The summed E-state index contributed by atoms with van der Waals surface area (Å²) >= 11 is 0. The molecular weight excluding hydrogens is 242 g/mol. The first-order valence-corrected chi connectivity index (χ1v) is 5.93. The lowest BCUT2D eigenvalue weighted by molar-refractivity contribution is 0.0951. The number of aromatic amines is 1. The molecule has 0 atom stereocenters. The van der Waals surface area contributed by atoms with Crippen LogP contribution in [0.3, 0.4) is 0 Å². The number of hydrogen-bond acceptors (Lipinski definition) is 3. The van der Waals surface area contributed by atoms with Crippen molar-refractivity contribution in [1.82, 2.24) is 25.1 Å². The van der Waals surface area contributed by atoms with Crippen molar-refractivity contribution in [3.63, 3.8) is 0 Å². The Labute approximate surface area is 109 Å². The van der Waals surface area contributed by atoms with Crippen LogP contribution in [0.25, 0.3) is 10.9 Å². The highest BCUT2D eigenvalue weighted by Gasteiger charge is 2.10. The van der Waals surface area contributed by atoms with Crippen molar-refractivity contribution in [3.8, 4) is 0 Å². The summed E-state index contributed by atoms with van der Waals surface area (Å²) in [6, 6.07) is 7.49. The third-order valence-corrected chi connectivity index (χ3v) is 2.89. The number of aryl methyl sites for hydroxylation is 1. The predicted molar refractivity (Wildman–Crippen MR) is 70.5 cm³/mol. The van der Waals surface area contributed by atoms with Crippen molar-refractivity contribution < 1.29 is 4.79 Å². The van der Waals surface area contributed by atoms with Gasteiger partial charge in [0, 0.05) is 29.7 Å². The largest absolute Gasteiger partial charge is 0.361 e. The Bertz CT molecular complexity index is 727. The fourth-order valence-corrected chi connectivity index (χ4v) is 2.00. The first-order valence-electron chi connectivity index (χ1n) is 5.93. The number of carbonyl (C=O) groups is 1. The van der Waals surface area contributed by atoms with E-state index in [0.29, 0.717) is 17.9 Å². The third-order valence-electron chi connectivity index (χ3n) is 2.89. The molecule has 2 aromatic heterocycles. The summed E-state index contributed by atoms with van der Waals surface area (Å²) in [6.45, 7) is 0.320. The maximum atomic E-state index is 12.1. The van der Waals surface area contributed by atoms with Gasteiger partial charge >= 0.3 is 0 Å². The Balaban J connectivity index is 1.78. The van der Waals surface area contributed by atoms with Gasteiger partial charge in [0.15, 0.2) is 5.82 Å². The number of benzene rings is 1. The van der Waals surface area contributed by atoms with Crippen molar-refractivity contribution >= 4 is 16.8 Å². The van der Waals surface area contributed by atoms with Gasteiger partial charge in [-0.25, -0.2) is 4.98 Å². The summed E-state index contributed by atoms with van der Waals surface area (Å²) < 4.78 is 1.61. The van der Waals surface area contributed by atoms with Gasteiger partial charge in [0.25, 0.3) is 5.91 Å². The highest BCUT2D eigenvalue weighted by atomic mass is 16.1. The average Bonchev–Trinajstić information content (AvgIpc) is 3.03. The molecule has 3 aromatic rings. The Hall–Kier alpha value is -2.63. The molecule has 96 valence electrons. The lowest BCUT2D eigenvalue weighted by Gasteiger charge is -2.04. The molecule has 0 unspecified atom stereocenters. The number of nitrogens with one attached hydrogen (secondary N) is 2. The Morgan fingerprint density at radius 3 is 3.11 bits per heavy atom. The lowest BCUT2D eigenvalue weighted by atomic mass is 10.1. The van der Waals surface area contributed by atoms with Gasteiger partial charge in [-0.15, -0.1) is 0 Å². The molecule has 0 bridgehead atoms. The van der Waals surface area contributed by atoms with E-state index < -0.39 is 0 Å². The molecule has 6 nitrogen and oxygen atoms in total. The molecule has 0 aliphatic rings. The van der Waals surface area contributed by atoms with Crippen LogP contribution in [0.2, 0.25) is 0 Å². The average molecular weight is 255 g/mol. The van der Waals surface area contributed by atoms with E-state index in [1.54, 1.807) is 24.1 Å². The lowest BCUT2D eigenvalue weighted by Crippen LogP contribution is -2.23. The first kappa shape index (κ1) is 11.5. The molecule has 19 heavy (non-hydrogen) atoms. The van der Waals surface area contributed by atoms with E-state index in [0.717, 1.165) is 10.9 Å². The van der Waals surface area contributed by atoms with Gasteiger partial charge in [-0.2, -0.15) is 5.10 Å². The molecule has 3 rings (SSSR count).